The number of rotatable bonds is 6. The molecule has 2 atom stereocenters. The van der Waals surface area contributed by atoms with Crippen molar-refractivity contribution in [2.75, 3.05) is 0 Å². The van der Waals surface area contributed by atoms with Gasteiger partial charge in [-0.1, -0.05) is 0 Å². The van der Waals surface area contributed by atoms with Crippen LogP contribution >= 0.6 is 0 Å². The van der Waals surface area contributed by atoms with Gasteiger partial charge in [0.05, 0.1) is 0 Å². The van der Waals surface area contributed by atoms with Crippen LogP contribution in [0.5, 0.6) is 0 Å². The van der Waals surface area contributed by atoms with Gasteiger partial charge in [-0.05, 0) is 0 Å². The average Bonchev–Trinajstić information content (AvgIpc) is 2.04. The molecule has 0 aliphatic carbocycles. The summed E-state index contributed by atoms with van der Waals surface area (Å²) in [7, 11) is 0. The van der Waals surface area contributed by atoms with Gasteiger partial charge in [0, 0.05) is 0 Å². The van der Waals surface area contributed by atoms with Gasteiger partial charge in [0.25, 0.3) is 0 Å². The van der Waals surface area contributed by atoms with Crippen LogP contribution in [0.4, 0.5) is 0 Å². The Balaban J connectivity index is 3.13. The number of hydrogen-bond acceptors (Lipinski definition) is 0. The van der Waals surface area contributed by atoms with Crippen molar-refractivity contribution in [3.05, 3.63) is 0 Å². The molecule has 64 valence electrons. The predicted molar refractivity (Wildman–Crippen MR) is 48.5 cm³/mol. The Bertz CT molecular complexity index is 70.9. The Hall–Kier alpha value is 0.623. The fraction of sp³-hybridized carbons (Fsp3) is 1.00. The maximum atomic E-state index is 2.40. The molecule has 0 spiro atoms. The fourth-order valence-electron chi connectivity index (χ4n) is 1.22. The summed E-state index contributed by atoms with van der Waals surface area (Å²) in [4.78, 5) is 0. The van der Waals surface area contributed by atoms with E-state index in [0.717, 1.165) is 11.8 Å². The first-order chi connectivity index (χ1) is 5.20. The Labute approximate surface area is 79.7 Å². The van der Waals surface area contributed by atoms with Crippen LogP contribution in [-0.2, 0) is 17.1 Å². The molecule has 0 aromatic carbocycles. The van der Waals surface area contributed by atoms with Crippen LogP contribution in [0.25, 0.3) is 0 Å². The number of hydrogen-bond donors (Lipinski definition) is 0. The predicted octanol–water partition coefficient (Wildman–Crippen LogP) is 4.00. The van der Waals surface area contributed by atoms with Crippen LogP contribution < -0.4 is 0 Å². The minimum absolute atomic E-state index is 0.105. The molecule has 0 fully saturated rings. The second kappa shape index (κ2) is 7.28. The zero-order valence-corrected chi connectivity index (χ0v) is 11.7. The minimum atomic E-state index is -0.105. The van der Waals surface area contributed by atoms with Crippen molar-refractivity contribution in [3.63, 3.8) is 0 Å². The summed E-state index contributed by atoms with van der Waals surface area (Å²) < 4.78 is 0. The van der Waals surface area contributed by atoms with Gasteiger partial charge < -0.3 is 0 Å². The summed E-state index contributed by atoms with van der Waals surface area (Å²) in [6.07, 6.45) is 2.79. The van der Waals surface area contributed by atoms with Gasteiger partial charge >= 0.3 is 79.5 Å². The van der Waals surface area contributed by atoms with Gasteiger partial charge in [-0.3, -0.25) is 0 Å². The van der Waals surface area contributed by atoms with Crippen molar-refractivity contribution in [2.24, 2.45) is 11.8 Å². The molecule has 0 aromatic heterocycles. The van der Waals surface area contributed by atoms with E-state index < -0.39 is 0 Å². The fourth-order valence-corrected chi connectivity index (χ4v) is 6.36. The Kier molecular flexibility index (Phi) is 7.69. The second-order valence-corrected chi connectivity index (χ2v) is 7.86. The summed E-state index contributed by atoms with van der Waals surface area (Å²) in [5.74, 6) is 2.05. The van der Waals surface area contributed by atoms with Gasteiger partial charge in [0.2, 0.25) is 0 Å². The second-order valence-electron chi connectivity index (χ2n) is 3.96. The Morgan fingerprint density at radius 3 is 1.55 bits per heavy atom. The molecule has 0 bridgehead atoms. The van der Waals surface area contributed by atoms with Gasteiger partial charge in [-0.2, -0.15) is 0 Å². The molecule has 0 rings (SSSR count). The van der Waals surface area contributed by atoms with Gasteiger partial charge in [-0.15, -0.1) is 0 Å². The first-order valence-electron chi connectivity index (χ1n) is 5.20. The average molecular weight is 208 g/mol. The van der Waals surface area contributed by atoms with Gasteiger partial charge in [0.15, 0.2) is 0 Å². The van der Waals surface area contributed by atoms with Crippen LogP contribution in [0, 0.1) is 11.8 Å². The summed E-state index contributed by atoms with van der Waals surface area (Å²) in [6.45, 7) is 9.44. The molecule has 0 aliphatic heterocycles. The molecule has 0 saturated heterocycles. The normalized spacial score (nSPS) is 15.6. The van der Waals surface area contributed by atoms with Crippen LogP contribution in [0.3, 0.4) is 0 Å². The summed E-state index contributed by atoms with van der Waals surface area (Å²) in [6, 6.07) is 0. The van der Waals surface area contributed by atoms with E-state index >= 15 is 0 Å². The van der Waals surface area contributed by atoms with Crippen LogP contribution in [0.15, 0.2) is 0 Å². The topological polar surface area (TPSA) is 0 Å². The molecule has 1 heteroatoms. The summed E-state index contributed by atoms with van der Waals surface area (Å²) in [5, 5.41) is 3.24. The van der Waals surface area contributed by atoms with Crippen LogP contribution in [0.1, 0.15) is 40.5 Å². The Morgan fingerprint density at radius 2 is 1.27 bits per heavy atom. The SMILES string of the molecule is CCC(C)[CH2][Zn][CH2]C(C)CC. The van der Waals surface area contributed by atoms with Gasteiger partial charge in [-0.25, -0.2) is 0 Å². The summed E-state index contributed by atoms with van der Waals surface area (Å²) >= 11 is -0.105. The third kappa shape index (κ3) is 7.00. The molecule has 0 amide bonds. The monoisotopic (exact) mass is 206 g/mol. The molecule has 0 heterocycles. The van der Waals surface area contributed by atoms with E-state index in [2.05, 4.69) is 27.7 Å². The van der Waals surface area contributed by atoms with E-state index in [4.69, 9.17) is 0 Å². The van der Waals surface area contributed by atoms with Crippen LogP contribution in [-0.4, -0.2) is 0 Å². The molecule has 0 radical (unpaired) electrons. The zero-order chi connectivity index (χ0) is 8.69. The molecule has 0 nitrogen and oxygen atoms in total. The van der Waals surface area contributed by atoms with E-state index in [-0.39, 0.29) is 17.1 Å². The third-order valence-corrected chi connectivity index (χ3v) is 8.64. The molecule has 0 N–H and O–H groups in total. The molecular formula is C10H22Zn. The third-order valence-electron chi connectivity index (χ3n) is 2.79. The van der Waals surface area contributed by atoms with Crippen molar-refractivity contribution in [2.45, 2.75) is 50.6 Å². The van der Waals surface area contributed by atoms with E-state index in [1.54, 1.807) is 10.0 Å². The maximum absolute atomic E-state index is 2.40. The van der Waals surface area contributed by atoms with E-state index in [0.29, 0.717) is 0 Å². The first kappa shape index (κ1) is 11.6. The molecule has 2 unspecified atom stereocenters. The van der Waals surface area contributed by atoms with E-state index in [1.807, 2.05) is 0 Å². The molecule has 11 heavy (non-hydrogen) atoms. The van der Waals surface area contributed by atoms with Crippen molar-refractivity contribution in [1.82, 2.24) is 0 Å². The van der Waals surface area contributed by atoms with E-state index in [1.165, 1.54) is 12.8 Å². The molecule has 0 aliphatic rings. The van der Waals surface area contributed by atoms with Crippen molar-refractivity contribution in [3.8, 4) is 0 Å². The van der Waals surface area contributed by atoms with Crippen molar-refractivity contribution < 1.29 is 17.1 Å². The summed E-state index contributed by atoms with van der Waals surface area (Å²) in [5.41, 5.74) is 0. The standard InChI is InChI=1S/2C5H11.Zn/c2*1-4-5(2)3;/h2*5H,2,4H2,1,3H3;. The van der Waals surface area contributed by atoms with Crippen molar-refractivity contribution >= 4 is 0 Å². The molecular weight excluding hydrogens is 185 g/mol. The first-order valence-corrected chi connectivity index (χ1v) is 9.40. The quantitative estimate of drug-likeness (QED) is 0.578. The Morgan fingerprint density at radius 1 is 0.909 bits per heavy atom. The van der Waals surface area contributed by atoms with Crippen molar-refractivity contribution in [1.29, 1.82) is 0 Å². The van der Waals surface area contributed by atoms with E-state index in [9.17, 15) is 0 Å². The van der Waals surface area contributed by atoms with Gasteiger partial charge in [0.1, 0.15) is 0 Å². The van der Waals surface area contributed by atoms with Crippen LogP contribution in [0.2, 0.25) is 10.0 Å². The molecule has 0 aromatic rings. The zero-order valence-electron chi connectivity index (χ0n) is 8.69. The molecule has 0 saturated carbocycles.